The van der Waals surface area contributed by atoms with Crippen LogP contribution in [-0.2, 0) is 31.3 Å². The van der Waals surface area contributed by atoms with Gasteiger partial charge in [0.15, 0.2) is 11.2 Å². The molecular formula is C22H29N5O3. The van der Waals surface area contributed by atoms with Crippen LogP contribution >= 0.6 is 0 Å². The molecule has 1 unspecified atom stereocenters. The summed E-state index contributed by atoms with van der Waals surface area (Å²) in [5, 5.41) is 0. The van der Waals surface area contributed by atoms with Crippen LogP contribution in [0.1, 0.15) is 26.3 Å². The molecule has 4 rings (SSSR count). The van der Waals surface area contributed by atoms with Crippen LogP contribution in [0, 0.1) is 5.92 Å². The van der Waals surface area contributed by atoms with Crippen molar-refractivity contribution in [2.75, 3.05) is 24.7 Å². The van der Waals surface area contributed by atoms with Crippen LogP contribution in [-0.4, -0.2) is 38.4 Å². The van der Waals surface area contributed by atoms with Gasteiger partial charge in [0, 0.05) is 32.4 Å². The Labute approximate surface area is 175 Å². The van der Waals surface area contributed by atoms with E-state index in [0.29, 0.717) is 42.8 Å². The number of fused-ring (bicyclic) bond motifs is 3. The lowest BCUT2D eigenvalue weighted by molar-refractivity contribution is 0.137. The quantitative estimate of drug-likeness (QED) is 0.582. The van der Waals surface area contributed by atoms with Gasteiger partial charge in [-0.15, -0.1) is 0 Å². The highest BCUT2D eigenvalue weighted by Crippen LogP contribution is 2.32. The van der Waals surface area contributed by atoms with Crippen LogP contribution < -0.4 is 16.1 Å². The lowest BCUT2D eigenvalue weighted by Crippen LogP contribution is -2.41. The summed E-state index contributed by atoms with van der Waals surface area (Å²) < 4.78 is 10.1. The maximum absolute atomic E-state index is 13.3. The molecule has 0 bridgehead atoms. The van der Waals surface area contributed by atoms with Crippen LogP contribution in [0.2, 0.25) is 0 Å². The minimum absolute atomic E-state index is 0.230. The van der Waals surface area contributed by atoms with E-state index in [9.17, 15) is 9.59 Å². The lowest BCUT2D eigenvalue weighted by Gasteiger charge is -2.33. The van der Waals surface area contributed by atoms with Crippen molar-refractivity contribution in [3.63, 3.8) is 0 Å². The van der Waals surface area contributed by atoms with Crippen LogP contribution in [0.3, 0.4) is 0 Å². The van der Waals surface area contributed by atoms with Gasteiger partial charge in [0.1, 0.15) is 0 Å². The molecule has 160 valence electrons. The van der Waals surface area contributed by atoms with E-state index >= 15 is 0 Å². The Morgan fingerprint density at radius 1 is 1.13 bits per heavy atom. The molecule has 8 heteroatoms. The molecular weight excluding hydrogens is 382 g/mol. The number of imidazole rings is 1. The first-order chi connectivity index (χ1) is 14.5. The molecule has 0 amide bonds. The molecule has 1 aliphatic heterocycles. The summed E-state index contributed by atoms with van der Waals surface area (Å²) in [6.45, 7) is 8.78. The first kappa shape index (κ1) is 20.4. The number of aryl methyl sites for hydroxylation is 2. The molecule has 1 atom stereocenters. The van der Waals surface area contributed by atoms with Gasteiger partial charge in [-0.2, -0.15) is 4.98 Å². The van der Waals surface area contributed by atoms with Crippen molar-refractivity contribution in [1.82, 2.24) is 18.7 Å². The molecule has 30 heavy (non-hydrogen) atoms. The number of aromatic nitrogens is 4. The van der Waals surface area contributed by atoms with Crippen molar-refractivity contribution >= 4 is 22.8 Å². The molecule has 3 heterocycles. The highest BCUT2D eigenvalue weighted by Gasteiger charge is 2.29. The van der Waals surface area contributed by atoms with E-state index in [2.05, 4.69) is 43.0 Å². The van der Waals surface area contributed by atoms with E-state index < -0.39 is 0 Å². The maximum Gasteiger partial charge on any atom is 0.332 e. The van der Waals surface area contributed by atoms with Crippen LogP contribution in [0.15, 0.2) is 33.9 Å². The average Bonchev–Trinajstić information content (AvgIpc) is 3.13. The van der Waals surface area contributed by atoms with Gasteiger partial charge in [-0.1, -0.05) is 26.0 Å². The molecule has 0 saturated heterocycles. The number of nitrogens with zero attached hydrogens (tertiary/aromatic N) is 5. The van der Waals surface area contributed by atoms with E-state index in [1.165, 1.54) is 14.7 Å². The van der Waals surface area contributed by atoms with Crippen LogP contribution in [0.5, 0.6) is 0 Å². The minimum atomic E-state index is -0.366. The first-order valence-electron chi connectivity index (χ1n) is 10.6. The number of hydrogen-bond acceptors (Lipinski definition) is 5. The predicted molar refractivity (Wildman–Crippen MR) is 118 cm³/mol. The third-order valence-electron chi connectivity index (χ3n) is 5.76. The highest BCUT2D eigenvalue weighted by molar-refractivity contribution is 5.77. The molecule has 1 aliphatic rings. The monoisotopic (exact) mass is 411 g/mol. The van der Waals surface area contributed by atoms with Crippen molar-refractivity contribution in [2.45, 2.75) is 40.3 Å². The van der Waals surface area contributed by atoms with Crippen LogP contribution in [0.4, 0.5) is 11.6 Å². The lowest BCUT2D eigenvalue weighted by atomic mass is 10.1. The number of hydrogen-bond donors (Lipinski definition) is 0. The zero-order valence-electron chi connectivity index (χ0n) is 18.1. The molecule has 0 N–H and O–H groups in total. The summed E-state index contributed by atoms with van der Waals surface area (Å²) in [6.07, 6.45) is 0.985. The van der Waals surface area contributed by atoms with Crippen molar-refractivity contribution in [3.8, 4) is 0 Å². The van der Waals surface area contributed by atoms with Gasteiger partial charge in [-0.25, -0.2) is 4.79 Å². The normalized spacial score (nSPS) is 16.3. The highest BCUT2D eigenvalue weighted by atomic mass is 16.5. The Morgan fingerprint density at radius 2 is 1.87 bits per heavy atom. The zero-order chi connectivity index (χ0) is 21.4. The zero-order valence-corrected chi connectivity index (χ0v) is 18.1. The molecule has 0 fully saturated rings. The summed E-state index contributed by atoms with van der Waals surface area (Å²) in [5.74, 6) is 1.04. The van der Waals surface area contributed by atoms with E-state index in [1.807, 2.05) is 11.5 Å². The summed E-state index contributed by atoms with van der Waals surface area (Å²) in [6, 6.07) is 8.44. The standard InChI is InChI=1S/C22H29N5O3/c1-5-16-7-9-17(10-8-16)26-13-15(3)14-27-18-19(23-21(26)27)24(4)22(29)25(20(18)28)11-12-30-6-2/h7-10,15H,5-6,11-14H2,1-4H3. The second-order valence-corrected chi connectivity index (χ2v) is 7.93. The molecule has 3 aromatic rings. The van der Waals surface area contributed by atoms with Crippen molar-refractivity contribution in [1.29, 1.82) is 0 Å². The van der Waals surface area contributed by atoms with E-state index in [0.717, 1.165) is 18.7 Å². The Kier molecular flexibility index (Phi) is 5.51. The van der Waals surface area contributed by atoms with Gasteiger partial charge < -0.3 is 14.2 Å². The summed E-state index contributed by atoms with van der Waals surface area (Å²) in [7, 11) is 1.67. The summed E-state index contributed by atoms with van der Waals surface area (Å²) >= 11 is 0. The van der Waals surface area contributed by atoms with Gasteiger partial charge in [0.05, 0.1) is 13.2 Å². The SMILES string of the molecule is CCOCCn1c(=O)c2c(nc3n2CC(C)CN3c2ccc(CC)cc2)n(C)c1=O. The van der Waals surface area contributed by atoms with Gasteiger partial charge >= 0.3 is 5.69 Å². The second-order valence-electron chi connectivity index (χ2n) is 7.93. The van der Waals surface area contributed by atoms with E-state index in [4.69, 9.17) is 9.72 Å². The second kappa shape index (κ2) is 8.10. The molecule has 0 spiro atoms. The Balaban J connectivity index is 1.88. The van der Waals surface area contributed by atoms with Gasteiger partial charge in [0.25, 0.3) is 5.56 Å². The fraction of sp³-hybridized carbons (Fsp3) is 0.500. The maximum atomic E-state index is 13.3. The third kappa shape index (κ3) is 3.35. The number of anilines is 2. The largest absolute Gasteiger partial charge is 0.380 e. The summed E-state index contributed by atoms with van der Waals surface area (Å²) in [4.78, 5) is 33.0. The number of rotatable bonds is 6. The third-order valence-corrected chi connectivity index (χ3v) is 5.76. The number of ether oxygens (including phenoxy) is 1. The Morgan fingerprint density at radius 3 is 2.53 bits per heavy atom. The van der Waals surface area contributed by atoms with Crippen LogP contribution in [0.25, 0.3) is 11.2 Å². The molecule has 1 aromatic carbocycles. The van der Waals surface area contributed by atoms with Gasteiger partial charge in [0.2, 0.25) is 5.95 Å². The minimum Gasteiger partial charge on any atom is -0.380 e. The first-order valence-corrected chi connectivity index (χ1v) is 10.6. The van der Waals surface area contributed by atoms with E-state index in [1.54, 1.807) is 7.05 Å². The molecule has 0 aliphatic carbocycles. The molecule has 0 saturated carbocycles. The topological polar surface area (TPSA) is 74.3 Å². The van der Waals surface area contributed by atoms with Crippen molar-refractivity contribution < 1.29 is 4.74 Å². The van der Waals surface area contributed by atoms with Crippen molar-refractivity contribution in [2.24, 2.45) is 13.0 Å². The van der Waals surface area contributed by atoms with Gasteiger partial charge in [-0.3, -0.25) is 13.9 Å². The van der Waals surface area contributed by atoms with Crippen molar-refractivity contribution in [3.05, 3.63) is 50.7 Å². The Bertz CT molecular complexity index is 1170. The fourth-order valence-corrected chi connectivity index (χ4v) is 4.13. The average molecular weight is 412 g/mol. The molecule has 0 radical (unpaired) electrons. The van der Waals surface area contributed by atoms with E-state index in [-0.39, 0.29) is 17.8 Å². The predicted octanol–water partition coefficient (Wildman–Crippen LogP) is 2.28. The molecule has 8 nitrogen and oxygen atoms in total. The Hall–Kier alpha value is -2.87. The molecule has 2 aromatic heterocycles. The van der Waals surface area contributed by atoms with Gasteiger partial charge in [-0.05, 0) is 37.0 Å². The number of benzene rings is 1. The smallest absolute Gasteiger partial charge is 0.332 e. The fourth-order valence-electron chi connectivity index (χ4n) is 4.13. The summed E-state index contributed by atoms with van der Waals surface area (Å²) in [5.41, 5.74) is 2.55.